The van der Waals surface area contributed by atoms with Crippen LogP contribution in [0.25, 0.3) is 0 Å². The quantitative estimate of drug-likeness (QED) is 0.716. The van der Waals surface area contributed by atoms with Crippen molar-refractivity contribution in [1.82, 2.24) is 20.1 Å². The molecule has 0 fully saturated rings. The number of thioether (sulfide) groups is 1. The van der Waals surface area contributed by atoms with Gasteiger partial charge in [0.2, 0.25) is 11.7 Å². The number of rotatable bonds is 4. The molecule has 0 atom stereocenters. The molecule has 0 unspecified atom stereocenters. The number of hydrogen-bond donors (Lipinski definition) is 2. The van der Waals surface area contributed by atoms with Crippen molar-refractivity contribution in [2.24, 2.45) is 7.05 Å². The molecule has 1 aromatic heterocycles. The van der Waals surface area contributed by atoms with E-state index in [0.717, 1.165) is 29.8 Å². The number of amides is 3. The van der Waals surface area contributed by atoms with E-state index in [1.165, 1.54) is 0 Å². The summed E-state index contributed by atoms with van der Waals surface area (Å²) in [4.78, 5) is 23.9. The molecule has 156 valence electrons. The van der Waals surface area contributed by atoms with Gasteiger partial charge in [0, 0.05) is 25.2 Å². The average Bonchev–Trinajstić information content (AvgIpc) is 2.86. The number of ether oxygens (including phenoxy) is 2. The van der Waals surface area contributed by atoms with Crippen LogP contribution in [0.2, 0.25) is 0 Å². The first-order chi connectivity index (χ1) is 13.7. The molecule has 0 saturated carbocycles. The molecular formula is C16H16F3N5O4S. The largest absolute Gasteiger partial charge is 0.490 e. The number of halogens is 3. The summed E-state index contributed by atoms with van der Waals surface area (Å²) in [6.45, 7) is 1.01. The van der Waals surface area contributed by atoms with E-state index < -0.39 is 23.9 Å². The number of fused-ring (bicyclic) bond motifs is 1. The number of benzene rings is 1. The second-order valence-electron chi connectivity index (χ2n) is 5.87. The molecule has 0 saturated heterocycles. The highest BCUT2D eigenvalue weighted by Gasteiger charge is 2.37. The first-order valence-corrected chi connectivity index (χ1v) is 9.32. The summed E-state index contributed by atoms with van der Waals surface area (Å²) in [5.41, 5.74) is 0.385. The van der Waals surface area contributed by atoms with E-state index in [0.29, 0.717) is 30.4 Å². The Kier molecular flexibility index (Phi) is 6.15. The fourth-order valence-electron chi connectivity index (χ4n) is 2.38. The minimum absolute atomic E-state index is 0.101. The van der Waals surface area contributed by atoms with Crippen LogP contribution in [0.1, 0.15) is 12.2 Å². The van der Waals surface area contributed by atoms with E-state index in [2.05, 4.69) is 20.8 Å². The lowest BCUT2D eigenvalue weighted by molar-refractivity contribution is -0.147. The van der Waals surface area contributed by atoms with Crippen LogP contribution < -0.4 is 20.1 Å². The number of nitrogens with one attached hydrogen (secondary N) is 2. The third kappa shape index (κ3) is 5.31. The third-order valence-corrected chi connectivity index (χ3v) is 4.70. The van der Waals surface area contributed by atoms with Crippen LogP contribution in [0.4, 0.5) is 23.7 Å². The molecule has 2 aromatic rings. The number of imide groups is 1. The number of hydrogen-bond acceptors (Lipinski definition) is 7. The van der Waals surface area contributed by atoms with Crippen molar-refractivity contribution in [3.05, 3.63) is 24.0 Å². The van der Waals surface area contributed by atoms with Gasteiger partial charge in [0.05, 0.1) is 19.0 Å². The molecule has 3 rings (SSSR count). The first kappa shape index (κ1) is 20.8. The standard InChI is InChI=1S/C16H16F3N5O4S/c1-24-13(16(17,18)19)22-23-15(24)29-8-12(25)21-14(26)20-9-3-4-10-11(7-9)28-6-2-5-27-10/h3-4,7H,2,5-6,8H2,1H3,(H2,20,21,25,26). The Morgan fingerprint density at radius 3 is 2.62 bits per heavy atom. The predicted molar refractivity (Wildman–Crippen MR) is 95.9 cm³/mol. The van der Waals surface area contributed by atoms with E-state index in [1.807, 2.05) is 0 Å². The molecule has 13 heteroatoms. The van der Waals surface area contributed by atoms with Gasteiger partial charge < -0.3 is 19.4 Å². The first-order valence-electron chi connectivity index (χ1n) is 8.34. The van der Waals surface area contributed by atoms with Crippen LogP contribution in [0.3, 0.4) is 0 Å². The maximum Gasteiger partial charge on any atom is 0.451 e. The third-order valence-electron chi connectivity index (χ3n) is 3.68. The van der Waals surface area contributed by atoms with Gasteiger partial charge >= 0.3 is 12.2 Å². The van der Waals surface area contributed by atoms with Gasteiger partial charge in [-0.2, -0.15) is 13.2 Å². The Morgan fingerprint density at radius 2 is 1.93 bits per heavy atom. The van der Waals surface area contributed by atoms with Crippen molar-refractivity contribution >= 4 is 29.4 Å². The predicted octanol–water partition coefficient (Wildman–Crippen LogP) is 2.44. The van der Waals surface area contributed by atoms with Crippen molar-refractivity contribution in [2.75, 3.05) is 24.3 Å². The van der Waals surface area contributed by atoms with E-state index in [4.69, 9.17) is 9.47 Å². The SMILES string of the molecule is Cn1c(SCC(=O)NC(=O)Nc2ccc3c(c2)OCCCO3)nnc1C(F)(F)F. The number of carbonyl (C=O) groups excluding carboxylic acids is 2. The van der Waals surface area contributed by atoms with Crippen molar-refractivity contribution in [3.63, 3.8) is 0 Å². The van der Waals surface area contributed by atoms with Gasteiger partial charge in [-0.15, -0.1) is 10.2 Å². The summed E-state index contributed by atoms with van der Waals surface area (Å²) in [6.07, 6.45) is -3.91. The van der Waals surface area contributed by atoms with Crippen LogP contribution in [0, 0.1) is 0 Å². The summed E-state index contributed by atoms with van der Waals surface area (Å²) in [7, 11) is 1.14. The highest BCUT2D eigenvalue weighted by atomic mass is 32.2. The molecule has 1 aromatic carbocycles. The molecule has 9 nitrogen and oxygen atoms in total. The van der Waals surface area contributed by atoms with Crippen LogP contribution in [0.15, 0.2) is 23.4 Å². The molecule has 0 radical (unpaired) electrons. The number of carbonyl (C=O) groups is 2. The lowest BCUT2D eigenvalue weighted by atomic mass is 10.3. The highest BCUT2D eigenvalue weighted by Crippen LogP contribution is 2.32. The fourth-order valence-corrected chi connectivity index (χ4v) is 3.09. The van der Waals surface area contributed by atoms with Gasteiger partial charge in [0.25, 0.3) is 0 Å². The second-order valence-corrected chi connectivity index (χ2v) is 6.81. The number of anilines is 1. The minimum atomic E-state index is -4.65. The van der Waals surface area contributed by atoms with Gasteiger partial charge in [-0.25, -0.2) is 4.79 Å². The lowest BCUT2D eigenvalue weighted by Crippen LogP contribution is -2.35. The van der Waals surface area contributed by atoms with Crippen LogP contribution >= 0.6 is 11.8 Å². The number of urea groups is 1. The van der Waals surface area contributed by atoms with Crippen LogP contribution in [0.5, 0.6) is 11.5 Å². The minimum Gasteiger partial charge on any atom is -0.490 e. The van der Waals surface area contributed by atoms with Crippen molar-refractivity contribution < 1.29 is 32.2 Å². The average molecular weight is 431 g/mol. The second kappa shape index (κ2) is 8.59. The molecule has 3 amide bonds. The van der Waals surface area contributed by atoms with Crippen molar-refractivity contribution in [1.29, 1.82) is 0 Å². The summed E-state index contributed by atoms with van der Waals surface area (Å²) in [5.74, 6) is -1.17. The molecule has 0 spiro atoms. The topological polar surface area (TPSA) is 107 Å². The molecule has 2 N–H and O–H groups in total. The highest BCUT2D eigenvalue weighted by molar-refractivity contribution is 7.99. The van der Waals surface area contributed by atoms with Gasteiger partial charge in [-0.05, 0) is 12.1 Å². The van der Waals surface area contributed by atoms with E-state index in [1.54, 1.807) is 18.2 Å². The van der Waals surface area contributed by atoms with E-state index in [9.17, 15) is 22.8 Å². The Bertz CT molecular complexity index is 918. The van der Waals surface area contributed by atoms with E-state index >= 15 is 0 Å². The number of nitrogens with zero attached hydrogens (tertiary/aromatic N) is 3. The smallest absolute Gasteiger partial charge is 0.451 e. The number of alkyl halides is 3. The zero-order valence-electron chi connectivity index (χ0n) is 15.1. The molecule has 2 heterocycles. The molecule has 1 aliphatic rings. The Balaban J connectivity index is 1.52. The van der Waals surface area contributed by atoms with Crippen molar-refractivity contribution in [2.45, 2.75) is 17.8 Å². The van der Waals surface area contributed by atoms with Crippen LogP contribution in [-0.2, 0) is 18.0 Å². The molecule has 29 heavy (non-hydrogen) atoms. The summed E-state index contributed by atoms with van der Waals surface area (Å²) >= 11 is 0.722. The fraction of sp³-hybridized carbons (Fsp3) is 0.375. The normalized spacial score (nSPS) is 13.5. The van der Waals surface area contributed by atoms with Gasteiger partial charge in [0.15, 0.2) is 16.7 Å². The molecule has 0 aliphatic carbocycles. The Hall–Kier alpha value is -2.96. The lowest BCUT2D eigenvalue weighted by Gasteiger charge is -2.11. The number of aromatic nitrogens is 3. The zero-order valence-corrected chi connectivity index (χ0v) is 15.9. The van der Waals surface area contributed by atoms with Crippen molar-refractivity contribution in [3.8, 4) is 11.5 Å². The maximum absolute atomic E-state index is 12.7. The monoisotopic (exact) mass is 431 g/mol. The summed E-state index contributed by atoms with van der Waals surface area (Å²) in [6, 6.07) is 4.00. The van der Waals surface area contributed by atoms with Gasteiger partial charge in [-0.3, -0.25) is 10.1 Å². The Morgan fingerprint density at radius 1 is 1.21 bits per heavy atom. The summed E-state index contributed by atoms with van der Waals surface area (Å²) < 4.78 is 49.8. The molecule has 1 aliphatic heterocycles. The molecule has 0 bridgehead atoms. The Labute approximate surface area is 166 Å². The maximum atomic E-state index is 12.7. The summed E-state index contributed by atoms with van der Waals surface area (Å²) in [5, 5.41) is 10.9. The van der Waals surface area contributed by atoms with E-state index in [-0.39, 0.29) is 10.9 Å². The molecular weight excluding hydrogens is 415 g/mol. The van der Waals surface area contributed by atoms with Gasteiger partial charge in [0.1, 0.15) is 0 Å². The van der Waals surface area contributed by atoms with Crippen LogP contribution in [-0.4, -0.2) is 45.7 Å². The van der Waals surface area contributed by atoms with Gasteiger partial charge in [-0.1, -0.05) is 11.8 Å². The zero-order chi connectivity index (χ0) is 21.0.